The quantitative estimate of drug-likeness (QED) is 0.894. The molecule has 2 rings (SSSR count). The molecule has 0 heterocycles. The van der Waals surface area contributed by atoms with Gasteiger partial charge in [0.1, 0.15) is 0 Å². The molecule has 2 unspecified atom stereocenters. The molecule has 0 spiro atoms. The zero-order valence-electron chi connectivity index (χ0n) is 11.1. The molecular weight excluding hydrogens is 280 g/mol. The zero-order valence-corrected chi connectivity index (χ0v) is 11.9. The van der Waals surface area contributed by atoms with Gasteiger partial charge < -0.3 is 5.73 Å². The van der Waals surface area contributed by atoms with Crippen LogP contribution in [0.1, 0.15) is 24.0 Å². The molecule has 20 heavy (non-hydrogen) atoms. The minimum absolute atomic E-state index is 0.0251. The topological polar surface area (TPSA) is 26.0 Å². The van der Waals surface area contributed by atoms with Crippen LogP contribution in [0.5, 0.6) is 0 Å². The highest BCUT2D eigenvalue weighted by Gasteiger charge is 2.17. The van der Waals surface area contributed by atoms with Crippen LogP contribution in [0.4, 0.5) is 8.78 Å². The van der Waals surface area contributed by atoms with E-state index in [1.165, 1.54) is 6.07 Å². The summed E-state index contributed by atoms with van der Waals surface area (Å²) in [7, 11) is 0. The van der Waals surface area contributed by atoms with Gasteiger partial charge in [-0.3, -0.25) is 0 Å². The third kappa shape index (κ3) is 3.56. The number of benzene rings is 2. The van der Waals surface area contributed by atoms with Gasteiger partial charge in [-0.05, 0) is 48.7 Å². The van der Waals surface area contributed by atoms with Crippen molar-refractivity contribution in [1.82, 2.24) is 0 Å². The molecule has 0 aliphatic carbocycles. The van der Waals surface area contributed by atoms with E-state index >= 15 is 0 Å². The van der Waals surface area contributed by atoms with Crippen molar-refractivity contribution in [3.63, 3.8) is 0 Å². The van der Waals surface area contributed by atoms with Crippen LogP contribution in [0.15, 0.2) is 42.5 Å². The highest BCUT2D eigenvalue weighted by molar-refractivity contribution is 6.30. The van der Waals surface area contributed by atoms with Gasteiger partial charge in [-0.1, -0.05) is 29.8 Å². The summed E-state index contributed by atoms with van der Waals surface area (Å²) in [5, 5.41) is 0.657. The number of hydrogen-bond acceptors (Lipinski definition) is 1. The average molecular weight is 296 g/mol. The molecular formula is C16H16ClF2N. The Hall–Kier alpha value is -1.45. The maximum absolute atomic E-state index is 13.3. The highest BCUT2D eigenvalue weighted by Crippen LogP contribution is 2.25. The molecule has 1 nitrogen and oxygen atoms in total. The normalized spacial score (nSPS) is 14.1. The second kappa shape index (κ2) is 6.33. The predicted molar refractivity (Wildman–Crippen MR) is 77.9 cm³/mol. The largest absolute Gasteiger partial charge is 0.327 e. The standard InChI is InChI=1S/C16H16ClF2N/c1-10(20)14(12-3-5-13(17)6-4-12)8-11-2-7-15(18)16(19)9-11/h2-7,9-10,14H,8,20H2,1H3. The lowest BCUT2D eigenvalue weighted by Gasteiger charge is -2.21. The van der Waals surface area contributed by atoms with Crippen LogP contribution in [-0.2, 0) is 6.42 Å². The van der Waals surface area contributed by atoms with Gasteiger partial charge in [0.2, 0.25) is 0 Å². The highest BCUT2D eigenvalue weighted by atomic mass is 35.5. The van der Waals surface area contributed by atoms with Crippen molar-refractivity contribution in [2.45, 2.75) is 25.3 Å². The lowest BCUT2D eigenvalue weighted by molar-refractivity contribution is 0.503. The van der Waals surface area contributed by atoms with Crippen LogP contribution in [0.2, 0.25) is 5.02 Å². The van der Waals surface area contributed by atoms with Crippen LogP contribution < -0.4 is 5.73 Å². The van der Waals surface area contributed by atoms with Gasteiger partial charge >= 0.3 is 0 Å². The third-order valence-electron chi connectivity index (χ3n) is 3.37. The van der Waals surface area contributed by atoms with Crippen molar-refractivity contribution in [2.75, 3.05) is 0 Å². The van der Waals surface area contributed by atoms with E-state index in [1.807, 2.05) is 19.1 Å². The first-order chi connectivity index (χ1) is 9.47. The van der Waals surface area contributed by atoms with Crippen LogP contribution in [-0.4, -0.2) is 6.04 Å². The van der Waals surface area contributed by atoms with Crippen molar-refractivity contribution in [3.05, 3.63) is 70.2 Å². The molecule has 0 bridgehead atoms. The molecule has 0 saturated carbocycles. The molecule has 0 aliphatic heterocycles. The fraction of sp³-hybridized carbons (Fsp3) is 0.250. The van der Waals surface area contributed by atoms with Crippen LogP contribution in [0.3, 0.4) is 0 Å². The molecule has 0 fully saturated rings. The van der Waals surface area contributed by atoms with Crippen LogP contribution >= 0.6 is 11.6 Å². The van der Waals surface area contributed by atoms with Crippen molar-refractivity contribution >= 4 is 11.6 Å². The summed E-state index contributed by atoms with van der Waals surface area (Å²) in [4.78, 5) is 0. The first-order valence-electron chi connectivity index (χ1n) is 6.42. The molecule has 4 heteroatoms. The van der Waals surface area contributed by atoms with E-state index in [0.717, 1.165) is 17.2 Å². The van der Waals surface area contributed by atoms with Gasteiger partial charge in [0.15, 0.2) is 11.6 Å². The van der Waals surface area contributed by atoms with Gasteiger partial charge in [-0.2, -0.15) is 0 Å². The van der Waals surface area contributed by atoms with Crippen LogP contribution in [0, 0.1) is 11.6 Å². The number of hydrogen-bond donors (Lipinski definition) is 1. The first-order valence-corrected chi connectivity index (χ1v) is 6.80. The SMILES string of the molecule is CC(N)C(Cc1ccc(F)c(F)c1)c1ccc(Cl)cc1. The Bertz CT molecular complexity index is 582. The van der Waals surface area contributed by atoms with Gasteiger partial charge in [-0.25, -0.2) is 8.78 Å². The Balaban J connectivity index is 2.25. The monoisotopic (exact) mass is 295 g/mol. The van der Waals surface area contributed by atoms with Gasteiger partial charge in [0.25, 0.3) is 0 Å². The summed E-state index contributed by atoms with van der Waals surface area (Å²) in [6.45, 7) is 1.90. The minimum atomic E-state index is -0.836. The summed E-state index contributed by atoms with van der Waals surface area (Å²) in [5.74, 6) is -1.64. The van der Waals surface area contributed by atoms with E-state index in [4.69, 9.17) is 17.3 Å². The van der Waals surface area contributed by atoms with E-state index in [1.54, 1.807) is 18.2 Å². The summed E-state index contributed by atoms with van der Waals surface area (Å²) >= 11 is 5.87. The second-order valence-electron chi connectivity index (χ2n) is 4.97. The van der Waals surface area contributed by atoms with Crippen molar-refractivity contribution in [1.29, 1.82) is 0 Å². The molecule has 2 aromatic rings. The number of nitrogens with two attached hydrogens (primary N) is 1. The summed E-state index contributed by atoms with van der Waals surface area (Å²) in [6, 6.07) is 11.3. The number of halogens is 3. The fourth-order valence-corrected chi connectivity index (χ4v) is 2.36. The maximum atomic E-state index is 13.3. The molecule has 2 atom stereocenters. The molecule has 0 saturated heterocycles. The second-order valence-corrected chi connectivity index (χ2v) is 5.41. The Morgan fingerprint density at radius 3 is 2.25 bits per heavy atom. The summed E-state index contributed by atoms with van der Waals surface area (Å²) in [6.07, 6.45) is 0.552. The lowest BCUT2D eigenvalue weighted by Crippen LogP contribution is -2.26. The summed E-state index contributed by atoms with van der Waals surface area (Å²) in [5.41, 5.74) is 7.78. The lowest BCUT2D eigenvalue weighted by atomic mass is 9.87. The molecule has 0 amide bonds. The van der Waals surface area contributed by atoms with Crippen molar-refractivity contribution in [3.8, 4) is 0 Å². The molecule has 0 aliphatic rings. The van der Waals surface area contributed by atoms with E-state index in [-0.39, 0.29) is 12.0 Å². The van der Waals surface area contributed by atoms with Gasteiger partial charge in [0.05, 0.1) is 0 Å². The Labute approximate surface area is 122 Å². The van der Waals surface area contributed by atoms with E-state index in [0.29, 0.717) is 11.4 Å². The average Bonchev–Trinajstić information content (AvgIpc) is 2.41. The molecule has 0 radical (unpaired) electrons. The zero-order chi connectivity index (χ0) is 14.7. The molecule has 2 N–H and O–H groups in total. The Morgan fingerprint density at radius 1 is 1.05 bits per heavy atom. The van der Waals surface area contributed by atoms with E-state index < -0.39 is 11.6 Å². The van der Waals surface area contributed by atoms with Gasteiger partial charge in [0, 0.05) is 17.0 Å². The smallest absolute Gasteiger partial charge is 0.159 e. The van der Waals surface area contributed by atoms with Crippen LogP contribution in [0.25, 0.3) is 0 Å². The predicted octanol–water partition coefficient (Wildman–Crippen LogP) is 4.29. The van der Waals surface area contributed by atoms with Crippen molar-refractivity contribution in [2.24, 2.45) is 5.73 Å². The van der Waals surface area contributed by atoms with Gasteiger partial charge in [-0.15, -0.1) is 0 Å². The van der Waals surface area contributed by atoms with E-state index in [9.17, 15) is 8.78 Å². The minimum Gasteiger partial charge on any atom is -0.327 e. The first kappa shape index (κ1) is 14.9. The number of rotatable bonds is 4. The summed E-state index contributed by atoms with van der Waals surface area (Å²) < 4.78 is 26.2. The fourth-order valence-electron chi connectivity index (χ4n) is 2.24. The Morgan fingerprint density at radius 2 is 1.70 bits per heavy atom. The molecule has 0 aromatic heterocycles. The van der Waals surface area contributed by atoms with E-state index in [2.05, 4.69) is 0 Å². The third-order valence-corrected chi connectivity index (χ3v) is 3.62. The van der Waals surface area contributed by atoms with Crippen molar-refractivity contribution < 1.29 is 8.78 Å². The maximum Gasteiger partial charge on any atom is 0.159 e. The molecule has 106 valence electrons. The Kier molecular flexibility index (Phi) is 4.73. The molecule has 2 aromatic carbocycles.